The van der Waals surface area contributed by atoms with E-state index in [1.54, 1.807) is 0 Å². The summed E-state index contributed by atoms with van der Waals surface area (Å²) in [5, 5.41) is 0. The largest absolute Gasteiger partial charge is 0.490 e. The van der Waals surface area contributed by atoms with E-state index in [2.05, 4.69) is 32.0 Å². The van der Waals surface area contributed by atoms with Crippen LogP contribution in [0.1, 0.15) is 36.8 Å². The molecule has 1 fully saturated rings. The predicted octanol–water partition coefficient (Wildman–Crippen LogP) is 2.95. The molecule has 1 aromatic carbocycles. The Morgan fingerprint density at radius 3 is 2.44 bits per heavy atom. The molecule has 0 atom stereocenters. The van der Waals surface area contributed by atoms with Crippen LogP contribution in [0.15, 0.2) is 18.2 Å². The Balaban J connectivity index is 1.98. The van der Waals surface area contributed by atoms with Gasteiger partial charge in [0, 0.05) is 6.04 Å². The number of benzene rings is 1. The van der Waals surface area contributed by atoms with Gasteiger partial charge < -0.3 is 10.5 Å². The van der Waals surface area contributed by atoms with Crippen molar-refractivity contribution in [1.29, 1.82) is 0 Å². The fourth-order valence-corrected chi connectivity index (χ4v) is 2.32. The van der Waals surface area contributed by atoms with Gasteiger partial charge in [0.15, 0.2) is 0 Å². The third kappa shape index (κ3) is 2.76. The van der Waals surface area contributed by atoms with Gasteiger partial charge in [0.25, 0.3) is 0 Å². The van der Waals surface area contributed by atoms with E-state index in [9.17, 15) is 0 Å². The van der Waals surface area contributed by atoms with Crippen molar-refractivity contribution >= 4 is 0 Å². The molecule has 2 rings (SSSR count). The van der Waals surface area contributed by atoms with Crippen molar-refractivity contribution in [2.75, 3.05) is 0 Å². The third-order valence-electron chi connectivity index (χ3n) is 3.34. The summed E-state index contributed by atoms with van der Waals surface area (Å²) < 4.78 is 6.03. The van der Waals surface area contributed by atoms with Crippen LogP contribution in [-0.2, 0) is 0 Å². The van der Waals surface area contributed by atoms with Crippen molar-refractivity contribution in [2.45, 2.75) is 51.7 Å². The molecule has 0 aromatic heterocycles. The van der Waals surface area contributed by atoms with E-state index in [4.69, 9.17) is 10.5 Å². The lowest BCUT2D eigenvalue weighted by molar-refractivity contribution is 0.146. The molecule has 2 heteroatoms. The molecule has 0 aliphatic heterocycles. The minimum atomic E-state index is 0.362. The number of aryl methyl sites for hydroxylation is 2. The summed E-state index contributed by atoms with van der Waals surface area (Å²) >= 11 is 0. The molecular formula is C14H21NO. The van der Waals surface area contributed by atoms with Crippen molar-refractivity contribution < 1.29 is 4.74 Å². The van der Waals surface area contributed by atoms with E-state index in [0.717, 1.165) is 31.4 Å². The maximum absolute atomic E-state index is 6.03. The number of hydrogen-bond acceptors (Lipinski definition) is 2. The molecule has 0 spiro atoms. The Kier molecular flexibility index (Phi) is 3.49. The topological polar surface area (TPSA) is 35.2 Å². The Hall–Kier alpha value is -1.02. The summed E-state index contributed by atoms with van der Waals surface area (Å²) in [5.41, 5.74) is 8.40. The summed E-state index contributed by atoms with van der Waals surface area (Å²) in [5.74, 6) is 1.03. The van der Waals surface area contributed by atoms with Crippen molar-refractivity contribution in [1.82, 2.24) is 0 Å². The maximum atomic E-state index is 6.03. The fraction of sp³-hybridized carbons (Fsp3) is 0.571. The van der Waals surface area contributed by atoms with E-state index in [1.165, 1.54) is 11.1 Å². The molecule has 1 aliphatic carbocycles. The van der Waals surface area contributed by atoms with Crippen molar-refractivity contribution in [3.8, 4) is 5.75 Å². The van der Waals surface area contributed by atoms with Crippen LogP contribution < -0.4 is 10.5 Å². The highest BCUT2D eigenvalue weighted by atomic mass is 16.5. The maximum Gasteiger partial charge on any atom is 0.122 e. The van der Waals surface area contributed by atoms with E-state index >= 15 is 0 Å². The number of rotatable bonds is 2. The zero-order valence-electron chi connectivity index (χ0n) is 10.2. The standard InChI is InChI=1S/C14H21NO/c1-10-3-8-14(11(2)9-10)16-13-6-4-12(15)5-7-13/h3,8-9,12-13H,4-7,15H2,1-2H3. The van der Waals surface area contributed by atoms with Gasteiger partial charge in [-0.2, -0.15) is 0 Å². The van der Waals surface area contributed by atoms with Gasteiger partial charge in [-0.15, -0.1) is 0 Å². The lowest BCUT2D eigenvalue weighted by Gasteiger charge is -2.27. The molecule has 0 amide bonds. The Labute approximate surface area is 97.8 Å². The molecule has 1 saturated carbocycles. The lowest BCUT2D eigenvalue weighted by Crippen LogP contribution is -2.31. The summed E-state index contributed by atoms with van der Waals surface area (Å²) in [6, 6.07) is 6.75. The first-order chi connectivity index (χ1) is 7.65. The molecule has 16 heavy (non-hydrogen) atoms. The molecule has 0 unspecified atom stereocenters. The molecule has 0 radical (unpaired) electrons. The zero-order chi connectivity index (χ0) is 11.5. The molecule has 0 bridgehead atoms. The number of hydrogen-bond donors (Lipinski definition) is 1. The van der Waals surface area contributed by atoms with Crippen molar-refractivity contribution in [3.63, 3.8) is 0 Å². The summed E-state index contributed by atoms with van der Waals surface area (Å²) in [7, 11) is 0. The van der Waals surface area contributed by atoms with Crippen molar-refractivity contribution in [3.05, 3.63) is 29.3 Å². The van der Waals surface area contributed by atoms with Crippen LogP contribution in [0.5, 0.6) is 5.75 Å². The van der Waals surface area contributed by atoms with Crippen LogP contribution in [0.25, 0.3) is 0 Å². The van der Waals surface area contributed by atoms with Crippen LogP contribution in [0.2, 0.25) is 0 Å². The second-order valence-electron chi connectivity index (χ2n) is 4.92. The highest BCUT2D eigenvalue weighted by Crippen LogP contribution is 2.25. The molecule has 0 saturated heterocycles. The smallest absolute Gasteiger partial charge is 0.122 e. The van der Waals surface area contributed by atoms with Crippen LogP contribution in [-0.4, -0.2) is 12.1 Å². The van der Waals surface area contributed by atoms with Gasteiger partial charge >= 0.3 is 0 Å². The van der Waals surface area contributed by atoms with Crippen molar-refractivity contribution in [2.24, 2.45) is 5.73 Å². The molecular weight excluding hydrogens is 198 g/mol. The summed E-state index contributed by atoms with van der Waals surface area (Å²) in [6.45, 7) is 4.22. The molecule has 2 N–H and O–H groups in total. The third-order valence-corrected chi connectivity index (χ3v) is 3.34. The first-order valence-corrected chi connectivity index (χ1v) is 6.14. The van der Waals surface area contributed by atoms with Crippen LogP contribution in [0, 0.1) is 13.8 Å². The highest BCUT2D eigenvalue weighted by Gasteiger charge is 2.20. The second kappa shape index (κ2) is 4.88. The molecule has 88 valence electrons. The Morgan fingerprint density at radius 2 is 1.81 bits per heavy atom. The molecule has 1 aliphatic rings. The van der Waals surface area contributed by atoms with Gasteiger partial charge in [0.1, 0.15) is 5.75 Å². The molecule has 1 aromatic rings. The average molecular weight is 219 g/mol. The molecule has 2 nitrogen and oxygen atoms in total. The first-order valence-electron chi connectivity index (χ1n) is 6.14. The first kappa shape index (κ1) is 11.5. The van der Waals surface area contributed by atoms with Gasteiger partial charge in [0.2, 0.25) is 0 Å². The number of nitrogens with two attached hydrogens (primary N) is 1. The summed E-state index contributed by atoms with van der Waals surface area (Å²) in [4.78, 5) is 0. The minimum absolute atomic E-state index is 0.362. The minimum Gasteiger partial charge on any atom is -0.490 e. The Bertz CT molecular complexity index is 354. The second-order valence-corrected chi connectivity index (χ2v) is 4.92. The van der Waals surface area contributed by atoms with E-state index in [0.29, 0.717) is 12.1 Å². The Morgan fingerprint density at radius 1 is 1.12 bits per heavy atom. The van der Waals surface area contributed by atoms with Gasteiger partial charge in [-0.05, 0) is 51.2 Å². The van der Waals surface area contributed by atoms with E-state index in [1.807, 2.05) is 0 Å². The number of ether oxygens (including phenoxy) is 1. The van der Waals surface area contributed by atoms with Gasteiger partial charge in [-0.3, -0.25) is 0 Å². The zero-order valence-corrected chi connectivity index (χ0v) is 10.2. The van der Waals surface area contributed by atoms with E-state index < -0.39 is 0 Å². The average Bonchev–Trinajstić information content (AvgIpc) is 2.25. The SMILES string of the molecule is Cc1ccc(OC2CCC(N)CC2)c(C)c1. The van der Waals surface area contributed by atoms with Gasteiger partial charge in [0.05, 0.1) is 6.10 Å². The van der Waals surface area contributed by atoms with Crippen LogP contribution in [0.4, 0.5) is 0 Å². The quantitative estimate of drug-likeness (QED) is 0.830. The monoisotopic (exact) mass is 219 g/mol. The van der Waals surface area contributed by atoms with E-state index in [-0.39, 0.29) is 0 Å². The van der Waals surface area contributed by atoms with Crippen LogP contribution in [0.3, 0.4) is 0 Å². The normalized spacial score (nSPS) is 25.4. The highest BCUT2D eigenvalue weighted by molar-refractivity contribution is 5.35. The lowest BCUT2D eigenvalue weighted by atomic mass is 9.93. The van der Waals surface area contributed by atoms with Gasteiger partial charge in [-0.1, -0.05) is 17.7 Å². The van der Waals surface area contributed by atoms with Gasteiger partial charge in [-0.25, -0.2) is 0 Å². The summed E-state index contributed by atoms with van der Waals surface area (Å²) in [6.07, 6.45) is 4.73. The predicted molar refractivity (Wildman–Crippen MR) is 66.8 cm³/mol. The molecule has 0 heterocycles. The van der Waals surface area contributed by atoms with Crippen LogP contribution >= 0.6 is 0 Å². The fourth-order valence-electron chi connectivity index (χ4n) is 2.32.